The second-order valence-electron chi connectivity index (χ2n) is 7.73. The molecule has 9 nitrogen and oxygen atoms in total. The number of hydrogen-bond acceptors (Lipinski definition) is 6. The molecule has 174 valence electrons. The first kappa shape index (κ1) is 23.9. The molecule has 0 fully saturated rings. The third-order valence-corrected chi connectivity index (χ3v) is 5.17. The number of H-pyrrole nitrogens is 1. The van der Waals surface area contributed by atoms with Gasteiger partial charge in [-0.05, 0) is 44.5 Å². The Labute approximate surface area is 195 Å². The molecule has 1 heterocycles. The van der Waals surface area contributed by atoms with Gasteiger partial charge in [0.2, 0.25) is 5.91 Å². The molecule has 3 rings (SSSR count). The fraction of sp³-hybridized carbons (Fsp3) is 0.261. The van der Waals surface area contributed by atoms with Crippen LogP contribution in [0, 0.1) is 0 Å². The molecular weight excluding hydrogens is 448 g/mol. The van der Waals surface area contributed by atoms with Crippen molar-refractivity contribution in [1.82, 2.24) is 20.8 Å². The molecule has 1 atom stereocenters. The van der Waals surface area contributed by atoms with Crippen molar-refractivity contribution in [2.75, 3.05) is 7.11 Å². The van der Waals surface area contributed by atoms with Crippen molar-refractivity contribution in [3.05, 3.63) is 47.1 Å². The number of hydrogen-bond donors (Lipinski definition) is 5. The number of aromatic nitrogens is 2. The minimum Gasteiger partial charge on any atom is -0.507 e. The van der Waals surface area contributed by atoms with E-state index in [4.69, 9.17) is 16.3 Å². The summed E-state index contributed by atoms with van der Waals surface area (Å²) in [6, 6.07) is 8.49. The van der Waals surface area contributed by atoms with Crippen LogP contribution in [0.2, 0.25) is 5.02 Å². The second-order valence-corrected chi connectivity index (χ2v) is 8.14. The predicted octanol–water partition coefficient (Wildman–Crippen LogP) is 3.46. The predicted molar refractivity (Wildman–Crippen MR) is 125 cm³/mol. The lowest BCUT2D eigenvalue weighted by Gasteiger charge is -2.16. The number of phenols is 2. The van der Waals surface area contributed by atoms with Gasteiger partial charge in [0, 0.05) is 23.2 Å². The standard InChI is InChI=1S/C23H25ClN4O5/c1-11(2)25-22(31)12(3)26-23(32)21-19(13-5-7-14(33-4)8-6-13)20(27-28-21)15-9-16(24)18(30)10-17(15)29/h5-12,29-30H,1-4H3,(H,25,31)(H,26,32)(H,27,28)/t12-/m1/s1. The van der Waals surface area contributed by atoms with Gasteiger partial charge in [-0.1, -0.05) is 23.7 Å². The molecule has 0 unspecified atom stereocenters. The number of benzene rings is 2. The largest absolute Gasteiger partial charge is 0.507 e. The molecule has 1 aromatic heterocycles. The van der Waals surface area contributed by atoms with Crippen molar-refractivity contribution in [3.8, 4) is 39.6 Å². The molecule has 2 aromatic carbocycles. The number of phenolic OH excluding ortho intramolecular Hbond substituents is 2. The molecule has 5 N–H and O–H groups in total. The highest BCUT2D eigenvalue weighted by Gasteiger charge is 2.26. The topological polar surface area (TPSA) is 137 Å². The fourth-order valence-corrected chi connectivity index (χ4v) is 3.39. The van der Waals surface area contributed by atoms with Crippen molar-refractivity contribution >= 4 is 23.4 Å². The Balaban J connectivity index is 2.08. The SMILES string of the molecule is COc1ccc(-c2c(-c3cc(Cl)c(O)cc3O)n[nH]c2C(=O)N[C@H](C)C(=O)NC(C)C)cc1. The molecular formula is C23H25ClN4O5. The van der Waals surface area contributed by atoms with Crippen molar-refractivity contribution < 1.29 is 24.5 Å². The maximum absolute atomic E-state index is 13.1. The second kappa shape index (κ2) is 9.83. The van der Waals surface area contributed by atoms with Crippen molar-refractivity contribution in [1.29, 1.82) is 0 Å². The fourth-order valence-electron chi connectivity index (χ4n) is 3.22. The monoisotopic (exact) mass is 472 g/mol. The number of ether oxygens (including phenoxy) is 1. The van der Waals surface area contributed by atoms with E-state index in [2.05, 4.69) is 20.8 Å². The van der Waals surface area contributed by atoms with Crippen molar-refractivity contribution in [2.45, 2.75) is 32.9 Å². The van der Waals surface area contributed by atoms with Crippen LogP contribution in [0.25, 0.3) is 22.4 Å². The number of halogens is 1. The summed E-state index contributed by atoms with van der Waals surface area (Å²) in [6.45, 7) is 5.22. The van der Waals surface area contributed by atoms with Gasteiger partial charge >= 0.3 is 0 Å². The van der Waals surface area contributed by atoms with E-state index in [-0.39, 0.29) is 45.4 Å². The maximum atomic E-state index is 13.1. The van der Waals surface area contributed by atoms with Crippen molar-refractivity contribution in [3.63, 3.8) is 0 Å². The van der Waals surface area contributed by atoms with E-state index in [9.17, 15) is 19.8 Å². The van der Waals surface area contributed by atoms with Gasteiger partial charge in [0.15, 0.2) is 0 Å². The van der Waals surface area contributed by atoms with E-state index in [1.165, 1.54) is 13.2 Å². The van der Waals surface area contributed by atoms with Gasteiger partial charge < -0.3 is 25.6 Å². The van der Waals surface area contributed by atoms with Crippen LogP contribution in [-0.2, 0) is 4.79 Å². The summed E-state index contributed by atoms with van der Waals surface area (Å²) in [6.07, 6.45) is 0. The minimum atomic E-state index is -0.799. The summed E-state index contributed by atoms with van der Waals surface area (Å²) in [5, 5.41) is 32.6. The van der Waals surface area contributed by atoms with Gasteiger partial charge in [-0.15, -0.1) is 0 Å². The molecule has 0 saturated heterocycles. The lowest BCUT2D eigenvalue weighted by atomic mass is 9.97. The van der Waals surface area contributed by atoms with Gasteiger partial charge in [-0.3, -0.25) is 14.7 Å². The van der Waals surface area contributed by atoms with E-state index in [1.54, 1.807) is 31.2 Å². The molecule has 0 aliphatic rings. The molecule has 0 bridgehead atoms. The van der Waals surface area contributed by atoms with Crippen LogP contribution in [-0.4, -0.2) is 51.4 Å². The van der Waals surface area contributed by atoms with Crippen LogP contribution in [0.15, 0.2) is 36.4 Å². The summed E-state index contributed by atoms with van der Waals surface area (Å²) < 4.78 is 5.21. The summed E-state index contributed by atoms with van der Waals surface area (Å²) in [7, 11) is 1.54. The molecule has 3 aromatic rings. The number of aromatic amines is 1. The third kappa shape index (κ3) is 5.20. The highest BCUT2D eigenvalue weighted by Crippen LogP contribution is 2.41. The lowest BCUT2D eigenvalue weighted by Crippen LogP contribution is -2.46. The highest BCUT2D eigenvalue weighted by atomic mass is 35.5. The zero-order chi connectivity index (χ0) is 24.3. The van der Waals surface area contributed by atoms with E-state index >= 15 is 0 Å². The Hall–Kier alpha value is -3.72. The number of carbonyl (C=O) groups excluding carboxylic acids is 2. The lowest BCUT2D eigenvalue weighted by molar-refractivity contribution is -0.123. The molecule has 0 spiro atoms. The van der Waals surface area contributed by atoms with Crippen LogP contribution in [0.3, 0.4) is 0 Å². The summed E-state index contributed by atoms with van der Waals surface area (Å²) in [4.78, 5) is 25.3. The third-order valence-electron chi connectivity index (χ3n) is 4.86. The summed E-state index contributed by atoms with van der Waals surface area (Å²) >= 11 is 6.05. The minimum absolute atomic E-state index is 0.0106. The number of nitrogens with zero attached hydrogens (tertiary/aromatic N) is 1. The average Bonchev–Trinajstić information content (AvgIpc) is 3.20. The Morgan fingerprint density at radius 3 is 2.33 bits per heavy atom. The van der Waals surface area contributed by atoms with E-state index < -0.39 is 11.9 Å². The summed E-state index contributed by atoms with van der Waals surface area (Å²) in [5.41, 5.74) is 1.52. The zero-order valence-electron chi connectivity index (χ0n) is 18.6. The number of rotatable bonds is 7. The van der Waals surface area contributed by atoms with Crippen LogP contribution in [0.1, 0.15) is 31.3 Å². The van der Waals surface area contributed by atoms with Crippen LogP contribution >= 0.6 is 11.6 Å². The average molecular weight is 473 g/mol. The van der Waals surface area contributed by atoms with Crippen LogP contribution < -0.4 is 15.4 Å². The first-order valence-electron chi connectivity index (χ1n) is 10.2. The Kier molecular flexibility index (Phi) is 7.13. The first-order chi connectivity index (χ1) is 15.6. The molecule has 2 amide bonds. The molecule has 0 saturated carbocycles. The molecule has 10 heteroatoms. The molecule has 0 aliphatic carbocycles. The Bertz CT molecular complexity index is 1170. The van der Waals surface area contributed by atoms with Crippen molar-refractivity contribution in [2.24, 2.45) is 0 Å². The maximum Gasteiger partial charge on any atom is 0.270 e. The van der Waals surface area contributed by atoms with E-state index in [0.29, 0.717) is 16.9 Å². The zero-order valence-corrected chi connectivity index (χ0v) is 19.3. The molecule has 0 aliphatic heterocycles. The van der Waals surface area contributed by atoms with Gasteiger partial charge in [-0.2, -0.15) is 5.10 Å². The smallest absolute Gasteiger partial charge is 0.270 e. The van der Waals surface area contributed by atoms with Crippen LogP contribution in [0.5, 0.6) is 17.2 Å². The van der Waals surface area contributed by atoms with Gasteiger partial charge in [0.25, 0.3) is 5.91 Å². The molecule has 0 radical (unpaired) electrons. The molecule has 33 heavy (non-hydrogen) atoms. The highest BCUT2D eigenvalue weighted by molar-refractivity contribution is 6.32. The number of aromatic hydroxyl groups is 2. The normalized spacial score (nSPS) is 11.8. The quantitative estimate of drug-likeness (QED) is 0.357. The number of carbonyl (C=O) groups is 2. The van der Waals surface area contributed by atoms with E-state index in [0.717, 1.165) is 6.07 Å². The Morgan fingerprint density at radius 1 is 1.06 bits per heavy atom. The first-order valence-corrected chi connectivity index (χ1v) is 10.6. The number of amides is 2. The summed E-state index contributed by atoms with van der Waals surface area (Å²) in [5.74, 6) is -0.830. The number of nitrogens with one attached hydrogen (secondary N) is 3. The Morgan fingerprint density at radius 2 is 1.73 bits per heavy atom. The van der Waals surface area contributed by atoms with E-state index in [1.807, 2.05) is 13.8 Å². The number of methoxy groups -OCH3 is 1. The van der Waals surface area contributed by atoms with Crippen LogP contribution in [0.4, 0.5) is 0 Å². The van der Waals surface area contributed by atoms with Gasteiger partial charge in [0.05, 0.1) is 12.1 Å². The van der Waals surface area contributed by atoms with Gasteiger partial charge in [0.1, 0.15) is 34.7 Å². The van der Waals surface area contributed by atoms with Gasteiger partial charge in [-0.25, -0.2) is 0 Å².